The molecule has 0 amide bonds. The molecule has 20 heavy (non-hydrogen) atoms. The number of fused-ring (bicyclic) bond motifs is 1. The summed E-state index contributed by atoms with van der Waals surface area (Å²) in [5.74, 6) is 1.10. The number of carbonyl (C=O) groups is 1. The molecule has 104 valence electrons. The van der Waals surface area contributed by atoms with Crippen LogP contribution in [-0.4, -0.2) is 11.9 Å². The molecule has 2 aromatic carbocycles. The summed E-state index contributed by atoms with van der Waals surface area (Å²) >= 11 is 6.21. The normalized spacial score (nSPS) is 25.6. The highest BCUT2D eigenvalue weighted by Gasteiger charge is 2.51. The van der Waals surface area contributed by atoms with E-state index in [2.05, 4.69) is 0 Å². The van der Waals surface area contributed by atoms with Gasteiger partial charge >= 0.3 is 0 Å². The van der Waals surface area contributed by atoms with E-state index in [0.29, 0.717) is 12.2 Å². The molecule has 3 heteroatoms. The summed E-state index contributed by atoms with van der Waals surface area (Å²) in [6.45, 7) is 4.02. The zero-order valence-electron chi connectivity index (χ0n) is 11.7. The molecular weight excluding hydrogens is 272 g/mol. The Kier molecular flexibility index (Phi) is 3.21. The second kappa shape index (κ2) is 4.78. The fourth-order valence-electron chi connectivity index (χ4n) is 2.76. The van der Waals surface area contributed by atoms with Crippen molar-refractivity contribution >= 4 is 28.2 Å². The van der Waals surface area contributed by atoms with Gasteiger partial charge in [-0.05, 0) is 25.5 Å². The predicted octanol–water partition coefficient (Wildman–Crippen LogP) is 4.63. The number of benzene rings is 2. The van der Waals surface area contributed by atoms with Crippen LogP contribution in [0.2, 0.25) is 5.02 Å². The average molecular weight is 289 g/mol. The Balaban J connectivity index is 1.97. The maximum absolute atomic E-state index is 11.8. The van der Waals surface area contributed by atoms with Crippen molar-refractivity contribution in [3.63, 3.8) is 0 Å². The molecule has 2 atom stereocenters. The Bertz CT molecular complexity index is 680. The van der Waals surface area contributed by atoms with Crippen LogP contribution in [0.3, 0.4) is 0 Å². The Morgan fingerprint density at radius 1 is 1.25 bits per heavy atom. The molecule has 0 bridgehead atoms. The van der Waals surface area contributed by atoms with E-state index in [1.54, 1.807) is 0 Å². The first-order valence-electron chi connectivity index (χ1n) is 6.93. The third kappa shape index (κ3) is 1.90. The van der Waals surface area contributed by atoms with Crippen LogP contribution in [-0.2, 0) is 4.79 Å². The maximum atomic E-state index is 11.8. The molecule has 2 nitrogen and oxygen atoms in total. The molecule has 1 aliphatic carbocycles. The van der Waals surface area contributed by atoms with Crippen molar-refractivity contribution in [2.45, 2.75) is 32.8 Å². The number of ketones is 1. The number of hydrogen-bond donors (Lipinski definition) is 0. The van der Waals surface area contributed by atoms with E-state index in [0.717, 1.165) is 28.0 Å². The average Bonchev–Trinajstić information content (AvgIpc) is 2.48. The molecule has 2 unspecified atom stereocenters. The number of Topliss-reactive ketones (excluding diaryl/α,β-unsaturated/α-hetero) is 1. The van der Waals surface area contributed by atoms with Gasteiger partial charge in [0.15, 0.2) is 0 Å². The molecule has 0 radical (unpaired) electrons. The lowest BCUT2D eigenvalue weighted by Crippen LogP contribution is -2.54. The lowest BCUT2D eigenvalue weighted by atomic mass is 9.64. The van der Waals surface area contributed by atoms with Gasteiger partial charge in [-0.25, -0.2) is 0 Å². The first-order chi connectivity index (χ1) is 9.56. The van der Waals surface area contributed by atoms with Crippen LogP contribution in [0.5, 0.6) is 5.75 Å². The Hall–Kier alpha value is -1.54. The fourth-order valence-corrected chi connectivity index (χ4v) is 2.99. The topological polar surface area (TPSA) is 26.3 Å². The van der Waals surface area contributed by atoms with E-state index in [4.69, 9.17) is 16.3 Å². The van der Waals surface area contributed by atoms with Crippen LogP contribution >= 0.6 is 11.6 Å². The lowest BCUT2D eigenvalue weighted by Gasteiger charge is -2.44. The zero-order valence-corrected chi connectivity index (χ0v) is 12.4. The summed E-state index contributed by atoms with van der Waals surface area (Å²) < 4.78 is 6.12. The third-order valence-electron chi connectivity index (χ3n) is 4.55. The van der Waals surface area contributed by atoms with Gasteiger partial charge in [-0.15, -0.1) is 0 Å². The molecule has 0 aromatic heterocycles. The molecule has 1 aliphatic rings. The summed E-state index contributed by atoms with van der Waals surface area (Å²) in [6.07, 6.45) is 1.27. The van der Waals surface area contributed by atoms with Gasteiger partial charge in [0.2, 0.25) is 0 Å². The Labute approximate surface area is 123 Å². The second-order valence-electron chi connectivity index (χ2n) is 5.60. The fraction of sp³-hybridized carbons (Fsp3) is 0.353. The minimum atomic E-state index is -0.346. The van der Waals surface area contributed by atoms with Crippen molar-refractivity contribution in [1.82, 2.24) is 0 Å². The summed E-state index contributed by atoms with van der Waals surface area (Å²) in [4.78, 5) is 11.8. The quantitative estimate of drug-likeness (QED) is 0.823. The molecule has 0 N–H and O–H groups in total. The van der Waals surface area contributed by atoms with Crippen LogP contribution < -0.4 is 4.74 Å². The van der Waals surface area contributed by atoms with Crippen molar-refractivity contribution in [3.05, 3.63) is 41.4 Å². The Morgan fingerprint density at radius 3 is 2.60 bits per heavy atom. The van der Waals surface area contributed by atoms with Crippen LogP contribution in [0, 0.1) is 5.41 Å². The molecule has 0 heterocycles. The van der Waals surface area contributed by atoms with E-state index in [9.17, 15) is 4.79 Å². The van der Waals surface area contributed by atoms with Crippen molar-refractivity contribution < 1.29 is 9.53 Å². The number of carbonyl (C=O) groups excluding carboxylic acids is 1. The summed E-state index contributed by atoms with van der Waals surface area (Å²) in [7, 11) is 0. The van der Waals surface area contributed by atoms with Crippen molar-refractivity contribution in [1.29, 1.82) is 0 Å². The molecule has 2 aromatic rings. The highest BCUT2D eigenvalue weighted by molar-refractivity contribution is 6.35. The van der Waals surface area contributed by atoms with Gasteiger partial charge in [-0.3, -0.25) is 4.79 Å². The Morgan fingerprint density at radius 2 is 1.95 bits per heavy atom. The van der Waals surface area contributed by atoms with Gasteiger partial charge < -0.3 is 4.74 Å². The first kappa shape index (κ1) is 13.4. The minimum absolute atomic E-state index is 0.0374. The number of hydrogen-bond acceptors (Lipinski definition) is 2. The smallest absolute Gasteiger partial charge is 0.146 e. The van der Waals surface area contributed by atoms with E-state index in [1.165, 1.54) is 0 Å². The zero-order chi connectivity index (χ0) is 14.3. The number of halogens is 1. The standard InChI is InChI=1S/C17H17ClO2/c1-3-17(2)15(19)10-16(17)20-14-9-8-13(18)11-6-4-5-7-12(11)14/h4-9,16H,3,10H2,1-2H3. The van der Waals surface area contributed by atoms with Gasteiger partial charge in [0.25, 0.3) is 0 Å². The molecule has 1 saturated carbocycles. The second-order valence-corrected chi connectivity index (χ2v) is 6.00. The predicted molar refractivity (Wildman–Crippen MR) is 81.4 cm³/mol. The van der Waals surface area contributed by atoms with E-state index in [-0.39, 0.29) is 11.5 Å². The van der Waals surface area contributed by atoms with Crippen molar-refractivity contribution in [3.8, 4) is 5.75 Å². The highest BCUT2D eigenvalue weighted by Crippen LogP contribution is 2.44. The number of rotatable bonds is 3. The highest BCUT2D eigenvalue weighted by atomic mass is 35.5. The van der Waals surface area contributed by atoms with Gasteiger partial charge in [0.05, 0.1) is 5.41 Å². The molecule has 0 saturated heterocycles. The van der Waals surface area contributed by atoms with Crippen molar-refractivity contribution in [2.24, 2.45) is 5.41 Å². The summed E-state index contributed by atoms with van der Waals surface area (Å²) in [6, 6.07) is 11.7. The van der Waals surface area contributed by atoms with Crippen molar-refractivity contribution in [2.75, 3.05) is 0 Å². The van der Waals surface area contributed by atoms with Crippen LogP contribution in [0.1, 0.15) is 26.7 Å². The monoisotopic (exact) mass is 288 g/mol. The van der Waals surface area contributed by atoms with E-state index in [1.807, 2.05) is 50.2 Å². The molecule has 0 aliphatic heterocycles. The molecule has 3 rings (SSSR count). The summed E-state index contributed by atoms with van der Waals surface area (Å²) in [5, 5.41) is 2.70. The van der Waals surface area contributed by atoms with E-state index < -0.39 is 0 Å². The SMILES string of the molecule is CCC1(C)C(=O)CC1Oc1ccc(Cl)c2ccccc12. The van der Waals surface area contributed by atoms with Gasteiger partial charge in [-0.1, -0.05) is 42.8 Å². The van der Waals surface area contributed by atoms with Crippen LogP contribution in [0.25, 0.3) is 10.8 Å². The molecule has 1 fully saturated rings. The minimum Gasteiger partial charge on any atom is -0.488 e. The van der Waals surface area contributed by atoms with Crippen LogP contribution in [0.15, 0.2) is 36.4 Å². The van der Waals surface area contributed by atoms with Gasteiger partial charge in [0.1, 0.15) is 17.6 Å². The molecule has 0 spiro atoms. The van der Waals surface area contributed by atoms with Gasteiger partial charge in [-0.2, -0.15) is 0 Å². The van der Waals surface area contributed by atoms with E-state index >= 15 is 0 Å². The summed E-state index contributed by atoms with van der Waals surface area (Å²) in [5.41, 5.74) is -0.346. The van der Waals surface area contributed by atoms with Crippen LogP contribution in [0.4, 0.5) is 0 Å². The maximum Gasteiger partial charge on any atom is 0.146 e. The third-order valence-corrected chi connectivity index (χ3v) is 4.88. The lowest BCUT2D eigenvalue weighted by molar-refractivity contribution is -0.150. The molecular formula is C17H17ClO2. The van der Waals surface area contributed by atoms with Gasteiger partial charge in [0, 0.05) is 22.2 Å². The number of ether oxygens (including phenoxy) is 1. The largest absolute Gasteiger partial charge is 0.488 e. The first-order valence-corrected chi connectivity index (χ1v) is 7.31.